The number of carbonyl (C=O) groups excluding carboxylic acids is 1. The minimum atomic E-state index is -1.10. The van der Waals surface area contributed by atoms with Crippen molar-refractivity contribution in [2.24, 2.45) is 0 Å². The number of aromatic carboxylic acids is 1. The van der Waals surface area contributed by atoms with Gasteiger partial charge >= 0.3 is 5.97 Å². The summed E-state index contributed by atoms with van der Waals surface area (Å²) in [5, 5.41) is 12.3. The van der Waals surface area contributed by atoms with Gasteiger partial charge in [0.05, 0.1) is 11.3 Å². The lowest BCUT2D eigenvalue weighted by Gasteiger charge is -2.12. The van der Waals surface area contributed by atoms with Gasteiger partial charge in [0.25, 0.3) is 5.91 Å². The van der Waals surface area contributed by atoms with Crippen molar-refractivity contribution in [1.82, 2.24) is 0 Å². The van der Waals surface area contributed by atoms with E-state index in [4.69, 9.17) is 21.4 Å². The van der Waals surface area contributed by atoms with E-state index in [1.54, 1.807) is 36.4 Å². The van der Waals surface area contributed by atoms with E-state index in [9.17, 15) is 9.59 Å². The standard InChI is InChI=1S/C16H12ClNO4/c17-10-5-6-13-9(7-10)8-14(22-13)15(19)18-12-4-2-1-3-11(12)16(20)21/h1-7,14H,8H2,(H,18,19)(H,20,21). The Morgan fingerprint density at radius 3 is 2.77 bits per heavy atom. The van der Waals surface area contributed by atoms with E-state index in [1.807, 2.05) is 0 Å². The molecule has 1 heterocycles. The first kappa shape index (κ1) is 14.4. The third-order valence-electron chi connectivity index (χ3n) is 3.40. The molecular formula is C16H12ClNO4. The second kappa shape index (κ2) is 5.69. The van der Waals surface area contributed by atoms with Crippen molar-refractivity contribution in [3.8, 4) is 5.75 Å². The zero-order chi connectivity index (χ0) is 15.7. The Bertz CT molecular complexity index is 760. The monoisotopic (exact) mass is 317 g/mol. The highest BCUT2D eigenvalue weighted by Crippen LogP contribution is 2.31. The van der Waals surface area contributed by atoms with Gasteiger partial charge < -0.3 is 15.2 Å². The molecule has 6 heteroatoms. The van der Waals surface area contributed by atoms with Crippen LogP contribution in [0.2, 0.25) is 5.02 Å². The number of halogens is 1. The number of nitrogens with one attached hydrogen (secondary N) is 1. The van der Waals surface area contributed by atoms with Crippen molar-refractivity contribution in [1.29, 1.82) is 0 Å². The van der Waals surface area contributed by atoms with Gasteiger partial charge in [-0.2, -0.15) is 0 Å². The molecule has 5 nitrogen and oxygen atoms in total. The van der Waals surface area contributed by atoms with E-state index in [1.165, 1.54) is 6.07 Å². The van der Waals surface area contributed by atoms with Crippen LogP contribution in [-0.2, 0) is 11.2 Å². The molecule has 0 saturated heterocycles. The molecule has 0 aromatic heterocycles. The number of carboxylic acids is 1. The topological polar surface area (TPSA) is 75.6 Å². The lowest BCUT2D eigenvalue weighted by atomic mass is 10.1. The van der Waals surface area contributed by atoms with Crippen LogP contribution in [0.1, 0.15) is 15.9 Å². The average Bonchev–Trinajstić information content (AvgIpc) is 2.90. The van der Waals surface area contributed by atoms with Crippen LogP contribution in [0.25, 0.3) is 0 Å². The Hall–Kier alpha value is -2.53. The Balaban J connectivity index is 1.76. The summed E-state index contributed by atoms with van der Waals surface area (Å²) in [7, 11) is 0. The highest BCUT2D eigenvalue weighted by atomic mass is 35.5. The Morgan fingerprint density at radius 1 is 1.23 bits per heavy atom. The van der Waals surface area contributed by atoms with Gasteiger partial charge in [-0.25, -0.2) is 4.79 Å². The summed E-state index contributed by atoms with van der Waals surface area (Å²) in [6.45, 7) is 0. The number of rotatable bonds is 3. The number of anilines is 1. The van der Waals surface area contributed by atoms with Gasteiger partial charge in [0, 0.05) is 11.4 Å². The fourth-order valence-electron chi connectivity index (χ4n) is 2.36. The van der Waals surface area contributed by atoms with Gasteiger partial charge in [0.1, 0.15) is 5.75 Å². The highest BCUT2D eigenvalue weighted by molar-refractivity contribution is 6.30. The summed E-state index contributed by atoms with van der Waals surface area (Å²) in [5.74, 6) is -0.865. The number of carbonyl (C=O) groups is 2. The van der Waals surface area contributed by atoms with Crippen molar-refractivity contribution in [3.63, 3.8) is 0 Å². The molecule has 1 aliphatic rings. The van der Waals surface area contributed by atoms with Crippen LogP contribution in [0.4, 0.5) is 5.69 Å². The van der Waals surface area contributed by atoms with E-state index in [2.05, 4.69) is 5.32 Å². The molecule has 0 spiro atoms. The maximum atomic E-state index is 12.3. The maximum Gasteiger partial charge on any atom is 0.337 e. The third kappa shape index (κ3) is 2.76. The largest absolute Gasteiger partial charge is 0.480 e. The number of carboxylic acid groups (broad SMARTS) is 1. The van der Waals surface area contributed by atoms with Crippen molar-refractivity contribution in [3.05, 3.63) is 58.6 Å². The summed E-state index contributed by atoms with van der Waals surface area (Å²) >= 11 is 5.91. The minimum absolute atomic E-state index is 0.0365. The lowest BCUT2D eigenvalue weighted by molar-refractivity contribution is -0.122. The lowest BCUT2D eigenvalue weighted by Crippen LogP contribution is -2.32. The number of ether oxygens (including phenoxy) is 1. The number of amides is 1. The second-order valence-corrected chi connectivity index (χ2v) is 5.34. The van der Waals surface area contributed by atoms with Crippen molar-refractivity contribution in [2.45, 2.75) is 12.5 Å². The summed E-state index contributed by atoms with van der Waals surface area (Å²) in [6.07, 6.45) is -0.299. The van der Waals surface area contributed by atoms with E-state index >= 15 is 0 Å². The number of fused-ring (bicyclic) bond motifs is 1. The van der Waals surface area contributed by atoms with Crippen molar-refractivity contribution in [2.75, 3.05) is 5.32 Å². The predicted molar refractivity (Wildman–Crippen MR) is 81.6 cm³/mol. The first-order chi connectivity index (χ1) is 10.5. The highest BCUT2D eigenvalue weighted by Gasteiger charge is 2.29. The predicted octanol–water partition coefficient (Wildman–Crippen LogP) is 2.98. The van der Waals surface area contributed by atoms with E-state index < -0.39 is 12.1 Å². The van der Waals surface area contributed by atoms with Gasteiger partial charge in [0.2, 0.25) is 0 Å². The van der Waals surface area contributed by atoms with Crippen LogP contribution < -0.4 is 10.1 Å². The smallest absolute Gasteiger partial charge is 0.337 e. The Kier molecular flexibility index (Phi) is 3.73. The number of para-hydroxylation sites is 1. The molecule has 2 N–H and O–H groups in total. The van der Waals surface area contributed by atoms with Crippen LogP contribution >= 0.6 is 11.6 Å². The SMILES string of the molecule is O=C(O)c1ccccc1NC(=O)C1Cc2cc(Cl)ccc2O1. The number of benzene rings is 2. The van der Waals surface area contributed by atoms with E-state index in [0.29, 0.717) is 17.2 Å². The maximum absolute atomic E-state index is 12.3. The first-order valence-corrected chi connectivity index (χ1v) is 7.00. The Labute approximate surface area is 131 Å². The van der Waals surface area contributed by atoms with Gasteiger partial charge in [0.15, 0.2) is 6.10 Å². The van der Waals surface area contributed by atoms with Gasteiger partial charge in [-0.15, -0.1) is 0 Å². The fourth-order valence-corrected chi connectivity index (χ4v) is 2.55. The van der Waals surface area contributed by atoms with Crippen molar-refractivity contribution >= 4 is 29.2 Å². The summed E-state index contributed by atoms with van der Waals surface area (Å²) in [6, 6.07) is 11.4. The normalized spacial score (nSPS) is 15.8. The van der Waals surface area contributed by atoms with Crippen molar-refractivity contribution < 1.29 is 19.4 Å². The molecule has 0 saturated carbocycles. The van der Waals surface area contributed by atoms with E-state index in [0.717, 1.165) is 5.56 Å². The number of hydrogen-bond donors (Lipinski definition) is 2. The quantitative estimate of drug-likeness (QED) is 0.912. The molecule has 112 valence electrons. The Morgan fingerprint density at radius 2 is 2.00 bits per heavy atom. The second-order valence-electron chi connectivity index (χ2n) is 4.90. The molecule has 0 aliphatic carbocycles. The van der Waals surface area contributed by atoms with Crippen LogP contribution in [0.5, 0.6) is 5.75 Å². The molecule has 2 aromatic carbocycles. The zero-order valence-electron chi connectivity index (χ0n) is 11.4. The van der Waals surface area contributed by atoms with Crippen LogP contribution in [-0.4, -0.2) is 23.1 Å². The minimum Gasteiger partial charge on any atom is -0.480 e. The summed E-state index contributed by atoms with van der Waals surface area (Å²) in [5.41, 5.74) is 1.14. The van der Waals surface area contributed by atoms with Crippen LogP contribution in [0, 0.1) is 0 Å². The molecule has 1 aliphatic heterocycles. The van der Waals surface area contributed by atoms with Gasteiger partial charge in [-0.1, -0.05) is 23.7 Å². The molecule has 0 fully saturated rings. The molecule has 22 heavy (non-hydrogen) atoms. The summed E-state index contributed by atoms with van der Waals surface area (Å²) in [4.78, 5) is 23.4. The molecule has 1 unspecified atom stereocenters. The molecule has 0 bridgehead atoms. The molecule has 2 aromatic rings. The van der Waals surface area contributed by atoms with E-state index in [-0.39, 0.29) is 17.2 Å². The zero-order valence-corrected chi connectivity index (χ0v) is 12.1. The van der Waals surface area contributed by atoms with Gasteiger partial charge in [-0.3, -0.25) is 4.79 Å². The fraction of sp³-hybridized carbons (Fsp3) is 0.125. The van der Waals surface area contributed by atoms with Crippen LogP contribution in [0.15, 0.2) is 42.5 Å². The third-order valence-corrected chi connectivity index (χ3v) is 3.64. The molecule has 3 rings (SSSR count). The molecule has 1 amide bonds. The van der Waals surface area contributed by atoms with Crippen LogP contribution in [0.3, 0.4) is 0 Å². The average molecular weight is 318 g/mol. The molecular weight excluding hydrogens is 306 g/mol. The molecule has 0 radical (unpaired) electrons. The molecule has 1 atom stereocenters. The summed E-state index contributed by atoms with van der Waals surface area (Å²) < 4.78 is 5.58. The van der Waals surface area contributed by atoms with Gasteiger partial charge in [-0.05, 0) is 35.9 Å². The first-order valence-electron chi connectivity index (χ1n) is 6.63. The number of hydrogen-bond acceptors (Lipinski definition) is 3.